The van der Waals surface area contributed by atoms with E-state index in [1.54, 1.807) is 12.1 Å². The molecule has 2 aromatic carbocycles. The van der Waals surface area contributed by atoms with Gasteiger partial charge in [0.15, 0.2) is 12.8 Å². The predicted molar refractivity (Wildman–Crippen MR) is 91.4 cm³/mol. The first kappa shape index (κ1) is 15.6. The number of nitrogens with one attached hydrogen (secondary N) is 1. The van der Waals surface area contributed by atoms with E-state index in [-0.39, 0.29) is 18.4 Å². The molecule has 24 heavy (non-hydrogen) atoms. The van der Waals surface area contributed by atoms with Crippen molar-refractivity contribution in [2.75, 3.05) is 11.9 Å². The summed E-state index contributed by atoms with van der Waals surface area (Å²) in [7, 11) is 0. The van der Waals surface area contributed by atoms with Crippen LogP contribution in [0.25, 0.3) is 11.1 Å². The standard InChI is InChI=1S/C19H16N2O3/c22-18(14-24-19-12-6-7-13-21(19)23)20-17-11-5-4-10-16(17)15-8-2-1-3-9-15/h1-13H,14H2,(H,20,22). The minimum atomic E-state index is -0.331. The van der Waals surface area contributed by atoms with E-state index in [1.807, 2.05) is 54.6 Å². The maximum absolute atomic E-state index is 12.1. The monoisotopic (exact) mass is 320 g/mol. The van der Waals surface area contributed by atoms with Crippen molar-refractivity contribution in [2.45, 2.75) is 0 Å². The Hall–Kier alpha value is -3.34. The molecule has 0 spiro atoms. The first-order valence-electron chi connectivity index (χ1n) is 7.49. The molecule has 0 aliphatic carbocycles. The van der Waals surface area contributed by atoms with Crippen molar-refractivity contribution < 1.29 is 14.3 Å². The van der Waals surface area contributed by atoms with Gasteiger partial charge in [-0.3, -0.25) is 4.79 Å². The summed E-state index contributed by atoms with van der Waals surface area (Å²) in [6.45, 7) is -0.241. The Balaban J connectivity index is 1.70. The Morgan fingerprint density at radius 3 is 2.46 bits per heavy atom. The second-order valence-corrected chi connectivity index (χ2v) is 5.11. The molecule has 5 heteroatoms. The normalized spacial score (nSPS) is 10.2. The molecule has 0 aliphatic heterocycles. The summed E-state index contributed by atoms with van der Waals surface area (Å²) >= 11 is 0. The van der Waals surface area contributed by atoms with Gasteiger partial charge in [-0.25, -0.2) is 0 Å². The maximum atomic E-state index is 12.1. The van der Waals surface area contributed by atoms with Gasteiger partial charge in [0.2, 0.25) is 0 Å². The quantitative estimate of drug-likeness (QED) is 0.580. The predicted octanol–water partition coefficient (Wildman–Crippen LogP) is 3.00. The largest absolute Gasteiger partial charge is 0.616 e. The van der Waals surface area contributed by atoms with Gasteiger partial charge in [0.05, 0.1) is 6.07 Å². The van der Waals surface area contributed by atoms with E-state index in [2.05, 4.69) is 5.32 Å². The van der Waals surface area contributed by atoms with E-state index >= 15 is 0 Å². The number of nitrogens with zero attached hydrogens (tertiary/aromatic N) is 1. The number of hydrogen-bond donors (Lipinski definition) is 1. The van der Waals surface area contributed by atoms with Crippen LogP contribution in [0, 0.1) is 5.21 Å². The lowest BCUT2D eigenvalue weighted by Gasteiger charge is -2.11. The third kappa shape index (κ3) is 3.70. The van der Waals surface area contributed by atoms with Crippen LogP contribution in [0.3, 0.4) is 0 Å². The number of anilines is 1. The highest BCUT2D eigenvalue weighted by Gasteiger charge is 2.11. The Labute approximate surface area is 139 Å². The Morgan fingerprint density at radius 1 is 0.958 bits per heavy atom. The number of aromatic nitrogens is 1. The van der Waals surface area contributed by atoms with Gasteiger partial charge in [-0.15, -0.1) is 4.73 Å². The van der Waals surface area contributed by atoms with Crippen molar-refractivity contribution in [1.29, 1.82) is 0 Å². The molecule has 0 unspecified atom stereocenters. The van der Waals surface area contributed by atoms with Gasteiger partial charge >= 0.3 is 5.88 Å². The molecule has 1 N–H and O–H groups in total. The fraction of sp³-hybridized carbons (Fsp3) is 0.0526. The number of amides is 1. The van der Waals surface area contributed by atoms with E-state index < -0.39 is 0 Å². The minimum Gasteiger partial charge on any atom is -0.616 e. The number of hydrogen-bond acceptors (Lipinski definition) is 3. The first-order chi connectivity index (χ1) is 11.7. The molecule has 5 nitrogen and oxygen atoms in total. The van der Waals surface area contributed by atoms with Crippen molar-refractivity contribution in [1.82, 2.24) is 0 Å². The zero-order valence-electron chi connectivity index (χ0n) is 12.9. The Bertz CT molecular complexity index is 835. The topological polar surface area (TPSA) is 65.3 Å². The lowest BCUT2D eigenvalue weighted by Crippen LogP contribution is -2.30. The second kappa shape index (κ2) is 7.28. The second-order valence-electron chi connectivity index (χ2n) is 5.11. The van der Waals surface area contributed by atoms with Crippen LogP contribution in [0.5, 0.6) is 5.88 Å². The summed E-state index contributed by atoms with van der Waals surface area (Å²) in [6.07, 6.45) is 1.32. The molecule has 0 aliphatic rings. The summed E-state index contributed by atoms with van der Waals surface area (Å²) in [6, 6.07) is 22.1. The van der Waals surface area contributed by atoms with Gasteiger partial charge in [-0.2, -0.15) is 0 Å². The molecule has 3 rings (SSSR count). The summed E-state index contributed by atoms with van der Waals surface area (Å²) in [5.74, 6) is -0.244. The smallest absolute Gasteiger partial charge is 0.379 e. The van der Waals surface area contributed by atoms with Crippen molar-refractivity contribution in [3.63, 3.8) is 0 Å². The van der Waals surface area contributed by atoms with Crippen molar-refractivity contribution >= 4 is 11.6 Å². The van der Waals surface area contributed by atoms with Crippen LogP contribution < -0.4 is 14.8 Å². The lowest BCUT2D eigenvalue weighted by molar-refractivity contribution is -0.612. The molecule has 120 valence electrons. The average molecular weight is 320 g/mol. The molecule has 3 aromatic rings. The van der Waals surface area contributed by atoms with Crippen LogP contribution in [-0.4, -0.2) is 12.5 Å². The molecule has 0 saturated heterocycles. The van der Waals surface area contributed by atoms with E-state index in [0.717, 1.165) is 11.1 Å². The fourth-order valence-corrected chi connectivity index (χ4v) is 2.31. The number of para-hydroxylation sites is 1. The van der Waals surface area contributed by atoms with E-state index in [1.165, 1.54) is 12.3 Å². The van der Waals surface area contributed by atoms with Crippen LogP contribution in [0.2, 0.25) is 0 Å². The maximum Gasteiger partial charge on any atom is 0.379 e. The van der Waals surface area contributed by atoms with Gasteiger partial charge in [0.1, 0.15) is 0 Å². The van der Waals surface area contributed by atoms with Crippen molar-refractivity contribution in [3.8, 4) is 17.0 Å². The van der Waals surface area contributed by atoms with Gasteiger partial charge in [0, 0.05) is 17.3 Å². The number of carbonyl (C=O) groups excluding carboxylic acids is 1. The molecule has 1 amide bonds. The fourth-order valence-electron chi connectivity index (χ4n) is 2.31. The molecule has 0 fully saturated rings. The van der Waals surface area contributed by atoms with Gasteiger partial charge < -0.3 is 15.3 Å². The first-order valence-corrected chi connectivity index (χ1v) is 7.49. The van der Waals surface area contributed by atoms with Crippen molar-refractivity contribution in [2.24, 2.45) is 0 Å². The average Bonchev–Trinajstić information content (AvgIpc) is 2.62. The van der Waals surface area contributed by atoms with Crippen LogP contribution >= 0.6 is 0 Å². The van der Waals surface area contributed by atoms with Gasteiger partial charge in [0.25, 0.3) is 5.91 Å². The zero-order valence-corrected chi connectivity index (χ0v) is 12.9. The van der Waals surface area contributed by atoms with Crippen LogP contribution in [0.1, 0.15) is 0 Å². The molecule has 0 atom stereocenters. The number of carbonyl (C=O) groups is 1. The summed E-state index contributed by atoms with van der Waals surface area (Å²) in [4.78, 5) is 12.1. The third-order valence-corrected chi connectivity index (χ3v) is 3.43. The summed E-state index contributed by atoms with van der Waals surface area (Å²) in [5, 5.41) is 14.3. The SMILES string of the molecule is O=C(COc1cccc[n+]1[O-])Nc1ccccc1-c1ccccc1. The molecule has 0 saturated carbocycles. The van der Waals surface area contributed by atoms with Crippen LogP contribution in [-0.2, 0) is 4.79 Å². The van der Waals surface area contributed by atoms with Crippen LogP contribution in [0.15, 0.2) is 79.0 Å². The highest BCUT2D eigenvalue weighted by atomic mass is 16.6. The lowest BCUT2D eigenvalue weighted by atomic mass is 10.0. The Kier molecular flexibility index (Phi) is 4.72. The highest BCUT2D eigenvalue weighted by Crippen LogP contribution is 2.27. The van der Waals surface area contributed by atoms with Crippen LogP contribution in [0.4, 0.5) is 5.69 Å². The number of rotatable bonds is 5. The van der Waals surface area contributed by atoms with Crippen molar-refractivity contribution in [3.05, 3.63) is 84.2 Å². The van der Waals surface area contributed by atoms with Gasteiger partial charge in [-0.05, 0) is 17.7 Å². The molecule has 1 aromatic heterocycles. The number of pyridine rings is 1. The molecule has 0 bridgehead atoms. The van der Waals surface area contributed by atoms with E-state index in [4.69, 9.17) is 4.74 Å². The van der Waals surface area contributed by atoms with E-state index in [0.29, 0.717) is 10.4 Å². The van der Waals surface area contributed by atoms with E-state index in [9.17, 15) is 10.0 Å². The van der Waals surface area contributed by atoms with Gasteiger partial charge in [-0.1, -0.05) is 48.5 Å². The number of ether oxygens (including phenoxy) is 1. The molecule has 0 radical (unpaired) electrons. The number of benzene rings is 2. The summed E-state index contributed by atoms with van der Waals surface area (Å²) in [5.41, 5.74) is 2.63. The minimum absolute atomic E-state index is 0.0870. The zero-order chi connectivity index (χ0) is 16.8. The Morgan fingerprint density at radius 2 is 1.67 bits per heavy atom. The highest BCUT2D eigenvalue weighted by molar-refractivity contribution is 5.96. The molecular formula is C19H16N2O3. The third-order valence-electron chi connectivity index (χ3n) is 3.43. The summed E-state index contributed by atoms with van der Waals surface area (Å²) < 4.78 is 5.83. The molecular weight excluding hydrogens is 304 g/mol. The molecule has 1 heterocycles.